The van der Waals surface area contributed by atoms with E-state index in [0.29, 0.717) is 23.4 Å². The van der Waals surface area contributed by atoms with Gasteiger partial charge in [-0.1, -0.05) is 0 Å². The number of hydrogen-bond acceptors (Lipinski definition) is 3. The smallest absolute Gasteiger partial charge is 0.346 e. The van der Waals surface area contributed by atoms with E-state index >= 15 is 0 Å². The molecule has 0 bridgehead atoms. The molecular weight excluding hydrogens is 261 g/mol. The van der Waals surface area contributed by atoms with Gasteiger partial charge in [0.1, 0.15) is 0 Å². The monoisotopic (exact) mass is 268 g/mol. The summed E-state index contributed by atoms with van der Waals surface area (Å²) in [4.78, 5) is 15.5. The van der Waals surface area contributed by atoms with Crippen LogP contribution in [0.3, 0.4) is 0 Å². The molecule has 0 aliphatic carbocycles. The molecule has 0 aromatic carbocycles. The molecule has 0 radical (unpaired) electrons. The second-order valence-electron chi connectivity index (χ2n) is 4.04. The van der Waals surface area contributed by atoms with Crippen LogP contribution in [0.5, 0.6) is 0 Å². The number of fused-ring (bicyclic) bond motifs is 1. The average molecular weight is 268 g/mol. The Kier molecular flexibility index (Phi) is 2.34. The van der Waals surface area contributed by atoms with E-state index in [1.165, 1.54) is 12.3 Å². The minimum atomic E-state index is -4.56. The summed E-state index contributed by atoms with van der Waals surface area (Å²) < 4.78 is 37.2. The SMILES string of the molecule is O=C1NCc2ncc(-c3cnn(C(F)(F)F)c3)cc21. The minimum absolute atomic E-state index is 0.0877. The van der Waals surface area contributed by atoms with Crippen LogP contribution in [0, 0.1) is 0 Å². The molecule has 1 N–H and O–H groups in total. The number of halogens is 3. The number of amides is 1. The van der Waals surface area contributed by atoms with Crippen molar-refractivity contribution in [1.29, 1.82) is 0 Å². The Morgan fingerprint density at radius 1 is 1.26 bits per heavy atom. The van der Waals surface area contributed by atoms with Gasteiger partial charge in [-0.25, -0.2) is 0 Å². The highest BCUT2D eigenvalue weighted by Crippen LogP contribution is 2.26. The molecule has 1 aliphatic heterocycles. The molecule has 1 amide bonds. The van der Waals surface area contributed by atoms with Crippen LogP contribution in [0.4, 0.5) is 13.2 Å². The topological polar surface area (TPSA) is 59.8 Å². The highest BCUT2D eigenvalue weighted by Gasteiger charge is 2.31. The summed E-state index contributed by atoms with van der Waals surface area (Å²) >= 11 is 0. The Labute approximate surface area is 105 Å². The van der Waals surface area contributed by atoms with Crippen LogP contribution in [0.15, 0.2) is 24.7 Å². The van der Waals surface area contributed by atoms with Crippen molar-refractivity contribution in [2.75, 3.05) is 0 Å². The van der Waals surface area contributed by atoms with E-state index in [-0.39, 0.29) is 16.2 Å². The van der Waals surface area contributed by atoms with E-state index < -0.39 is 6.30 Å². The van der Waals surface area contributed by atoms with Crippen molar-refractivity contribution in [2.45, 2.75) is 12.8 Å². The molecule has 0 spiro atoms. The number of alkyl halides is 3. The Morgan fingerprint density at radius 3 is 2.74 bits per heavy atom. The van der Waals surface area contributed by atoms with Gasteiger partial charge in [0.25, 0.3) is 5.91 Å². The van der Waals surface area contributed by atoms with E-state index in [4.69, 9.17) is 0 Å². The lowest BCUT2D eigenvalue weighted by Gasteiger charge is -2.04. The van der Waals surface area contributed by atoms with Crippen molar-refractivity contribution in [2.24, 2.45) is 0 Å². The lowest BCUT2D eigenvalue weighted by Crippen LogP contribution is -2.16. The summed E-state index contributed by atoms with van der Waals surface area (Å²) in [5, 5.41) is 5.83. The van der Waals surface area contributed by atoms with Crippen LogP contribution < -0.4 is 5.32 Å². The predicted molar refractivity (Wildman–Crippen MR) is 57.9 cm³/mol. The fourth-order valence-corrected chi connectivity index (χ4v) is 1.86. The van der Waals surface area contributed by atoms with Crippen molar-refractivity contribution >= 4 is 5.91 Å². The van der Waals surface area contributed by atoms with Crippen LogP contribution in [0.1, 0.15) is 16.1 Å². The van der Waals surface area contributed by atoms with E-state index in [2.05, 4.69) is 15.4 Å². The molecule has 0 atom stereocenters. The third kappa shape index (κ3) is 1.94. The standard InChI is InChI=1S/C11H7F3N4O/c12-11(13,14)18-5-7(3-17-18)6-1-8-9(15-2-6)4-16-10(8)19/h1-3,5H,4H2,(H,16,19). The van der Waals surface area contributed by atoms with Gasteiger partial charge in [0.15, 0.2) is 0 Å². The highest BCUT2D eigenvalue weighted by molar-refractivity contribution is 5.98. The zero-order chi connectivity index (χ0) is 13.6. The Morgan fingerprint density at radius 2 is 2.05 bits per heavy atom. The molecule has 98 valence electrons. The van der Waals surface area contributed by atoms with Crippen molar-refractivity contribution in [3.63, 3.8) is 0 Å². The molecule has 0 saturated heterocycles. The maximum atomic E-state index is 12.4. The molecule has 0 fully saturated rings. The molecule has 3 heterocycles. The van der Waals surface area contributed by atoms with E-state index in [1.54, 1.807) is 0 Å². The molecular formula is C11H7F3N4O. The number of pyridine rings is 1. The average Bonchev–Trinajstić information content (AvgIpc) is 2.96. The molecule has 0 saturated carbocycles. The van der Waals surface area contributed by atoms with Crippen LogP contribution in [-0.4, -0.2) is 20.7 Å². The van der Waals surface area contributed by atoms with Gasteiger partial charge in [-0.05, 0) is 6.07 Å². The van der Waals surface area contributed by atoms with Crippen molar-refractivity contribution in [3.8, 4) is 11.1 Å². The van der Waals surface area contributed by atoms with E-state index in [9.17, 15) is 18.0 Å². The summed E-state index contributed by atoms with van der Waals surface area (Å²) in [5.41, 5.74) is 1.66. The van der Waals surface area contributed by atoms with Crippen LogP contribution in [-0.2, 0) is 12.8 Å². The third-order valence-electron chi connectivity index (χ3n) is 2.81. The number of carbonyl (C=O) groups excluding carboxylic acids is 1. The highest BCUT2D eigenvalue weighted by atomic mass is 19.4. The maximum Gasteiger partial charge on any atom is 0.504 e. The Hall–Kier alpha value is -2.38. The van der Waals surface area contributed by atoms with Crippen molar-refractivity contribution in [1.82, 2.24) is 20.1 Å². The lowest BCUT2D eigenvalue weighted by atomic mass is 10.1. The first-order valence-corrected chi connectivity index (χ1v) is 5.34. The molecule has 8 heteroatoms. The lowest BCUT2D eigenvalue weighted by molar-refractivity contribution is -0.212. The Balaban J connectivity index is 2.01. The normalized spacial score (nSPS) is 14.4. The quantitative estimate of drug-likeness (QED) is 0.855. The molecule has 1 aliphatic rings. The number of hydrogen-bond donors (Lipinski definition) is 1. The number of carbonyl (C=O) groups is 1. The van der Waals surface area contributed by atoms with Crippen LogP contribution in [0.2, 0.25) is 0 Å². The van der Waals surface area contributed by atoms with Gasteiger partial charge in [-0.15, -0.1) is 13.2 Å². The second kappa shape index (κ2) is 3.81. The number of aromatic nitrogens is 3. The number of rotatable bonds is 1. The summed E-state index contributed by atoms with van der Waals surface area (Å²) in [6.45, 7) is 0.344. The van der Waals surface area contributed by atoms with E-state index in [1.807, 2.05) is 0 Å². The number of nitrogens with one attached hydrogen (secondary N) is 1. The molecule has 3 rings (SSSR count). The zero-order valence-electron chi connectivity index (χ0n) is 9.40. The van der Waals surface area contributed by atoms with Crippen LogP contribution >= 0.6 is 0 Å². The first-order chi connectivity index (χ1) is 8.95. The second-order valence-corrected chi connectivity index (χ2v) is 4.04. The van der Waals surface area contributed by atoms with Crippen molar-refractivity contribution < 1.29 is 18.0 Å². The molecule has 19 heavy (non-hydrogen) atoms. The summed E-state index contributed by atoms with van der Waals surface area (Å²) in [6.07, 6.45) is -1.18. The van der Waals surface area contributed by atoms with Crippen molar-refractivity contribution in [3.05, 3.63) is 35.9 Å². The van der Waals surface area contributed by atoms with Gasteiger partial charge < -0.3 is 5.32 Å². The Bertz CT molecular complexity index is 662. The fraction of sp³-hybridized carbons (Fsp3) is 0.182. The molecule has 0 unspecified atom stereocenters. The van der Waals surface area contributed by atoms with Crippen LogP contribution in [0.25, 0.3) is 11.1 Å². The largest absolute Gasteiger partial charge is 0.504 e. The third-order valence-corrected chi connectivity index (χ3v) is 2.81. The minimum Gasteiger partial charge on any atom is -0.346 e. The fourth-order valence-electron chi connectivity index (χ4n) is 1.86. The summed E-state index contributed by atoms with van der Waals surface area (Å²) in [7, 11) is 0. The van der Waals surface area contributed by atoms with E-state index in [0.717, 1.165) is 12.4 Å². The summed E-state index contributed by atoms with van der Waals surface area (Å²) in [6, 6.07) is 1.52. The molecule has 2 aromatic rings. The van der Waals surface area contributed by atoms with Gasteiger partial charge in [-0.2, -0.15) is 9.78 Å². The van der Waals surface area contributed by atoms with Gasteiger partial charge >= 0.3 is 6.30 Å². The van der Waals surface area contributed by atoms with Gasteiger partial charge in [0.05, 0.1) is 24.0 Å². The maximum absolute atomic E-state index is 12.4. The summed E-state index contributed by atoms with van der Waals surface area (Å²) in [5.74, 6) is -0.271. The predicted octanol–water partition coefficient (Wildman–Crippen LogP) is 1.66. The van der Waals surface area contributed by atoms with Gasteiger partial charge in [0.2, 0.25) is 0 Å². The number of nitrogens with zero attached hydrogens (tertiary/aromatic N) is 3. The first-order valence-electron chi connectivity index (χ1n) is 5.34. The molecule has 2 aromatic heterocycles. The molecule has 5 nitrogen and oxygen atoms in total. The van der Waals surface area contributed by atoms with Gasteiger partial charge in [0, 0.05) is 23.5 Å². The first kappa shape index (κ1) is 11.7. The zero-order valence-corrected chi connectivity index (χ0v) is 9.40. The van der Waals surface area contributed by atoms with Gasteiger partial charge in [-0.3, -0.25) is 9.78 Å².